The number of aryl methyl sites for hydroxylation is 1. The lowest BCUT2D eigenvalue weighted by molar-refractivity contribution is -0.137. The van der Waals surface area contributed by atoms with Crippen LogP contribution in [0.4, 0.5) is 0 Å². The van der Waals surface area contributed by atoms with Gasteiger partial charge in [0, 0.05) is 6.08 Å². The molecule has 0 atom stereocenters. The molecule has 0 aliphatic heterocycles. The Labute approximate surface area is 169 Å². The van der Waals surface area contributed by atoms with Crippen LogP contribution in [0.3, 0.4) is 0 Å². The molecule has 0 aromatic heterocycles. The van der Waals surface area contributed by atoms with Gasteiger partial charge in [-0.15, -0.1) is 0 Å². The summed E-state index contributed by atoms with van der Waals surface area (Å²) in [7, 11) is 0. The molecule has 3 heteroatoms. The second kappa shape index (κ2) is 11.8. The molecule has 0 spiro atoms. The zero-order valence-electron chi connectivity index (χ0n) is 18.0. The smallest absolute Gasteiger partial charge is 0.330 e. The number of esters is 1. The Balaban J connectivity index is 2.91. The van der Waals surface area contributed by atoms with E-state index in [0.717, 1.165) is 22.5 Å². The van der Waals surface area contributed by atoms with Crippen molar-refractivity contribution >= 4 is 12.0 Å². The first-order valence-corrected chi connectivity index (χ1v) is 9.52. The van der Waals surface area contributed by atoms with E-state index in [1.54, 1.807) is 13.0 Å². The van der Waals surface area contributed by atoms with E-state index in [1.165, 1.54) is 22.8 Å². The molecule has 0 saturated heterocycles. The molecule has 1 aromatic carbocycles. The SMILES string of the molecule is C=CCOc1cc(C)c(C=CC(C)=CC=CC(C)=CC(=O)OCC)c(C)c1C. The van der Waals surface area contributed by atoms with Gasteiger partial charge < -0.3 is 9.47 Å². The van der Waals surface area contributed by atoms with Crippen LogP contribution in [0.15, 0.2) is 60.2 Å². The van der Waals surface area contributed by atoms with Crippen LogP contribution in [0.5, 0.6) is 5.75 Å². The highest BCUT2D eigenvalue weighted by Crippen LogP contribution is 2.29. The average Bonchev–Trinajstić information content (AvgIpc) is 2.63. The molecule has 1 aromatic rings. The maximum atomic E-state index is 11.4. The van der Waals surface area contributed by atoms with Crippen molar-refractivity contribution in [3.05, 3.63) is 82.5 Å². The first-order valence-electron chi connectivity index (χ1n) is 9.52. The number of carbonyl (C=O) groups is 1. The van der Waals surface area contributed by atoms with E-state index < -0.39 is 0 Å². The largest absolute Gasteiger partial charge is 0.489 e. The standard InChI is InChI=1S/C25H32O3/c1-8-15-28-24-17-20(5)23(21(6)22(24)7)14-13-18(3)11-10-12-19(4)16-25(26)27-9-2/h8,10-14,16-17H,1,9,15H2,2-7H3. The van der Waals surface area contributed by atoms with Crippen molar-refractivity contribution in [2.45, 2.75) is 41.5 Å². The third-order valence-corrected chi connectivity index (χ3v) is 4.33. The first kappa shape index (κ1) is 23.2. The highest BCUT2D eigenvalue weighted by atomic mass is 16.5. The number of hydrogen-bond acceptors (Lipinski definition) is 3. The third kappa shape index (κ3) is 7.43. The molecule has 0 radical (unpaired) electrons. The van der Waals surface area contributed by atoms with Crippen LogP contribution in [0.25, 0.3) is 6.08 Å². The van der Waals surface area contributed by atoms with Gasteiger partial charge in [-0.25, -0.2) is 4.79 Å². The summed E-state index contributed by atoms with van der Waals surface area (Å²) in [5.74, 6) is 0.596. The highest BCUT2D eigenvalue weighted by molar-refractivity contribution is 5.83. The van der Waals surface area contributed by atoms with Crippen LogP contribution < -0.4 is 4.74 Å². The topological polar surface area (TPSA) is 35.5 Å². The van der Waals surface area contributed by atoms with Gasteiger partial charge in [0.1, 0.15) is 12.4 Å². The molecule has 0 heterocycles. The van der Waals surface area contributed by atoms with Gasteiger partial charge in [-0.05, 0) is 75.4 Å². The summed E-state index contributed by atoms with van der Waals surface area (Å²) in [6.45, 7) is 16.6. The maximum Gasteiger partial charge on any atom is 0.330 e. The zero-order chi connectivity index (χ0) is 21.1. The summed E-state index contributed by atoms with van der Waals surface area (Å²) in [6, 6.07) is 2.08. The van der Waals surface area contributed by atoms with E-state index in [9.17, 15) is 4.79 Å². The molecule has 0 unspecified atom stereocenters. The predicted molar refractivity (Wildman–Crippen MR) is 119 cm³/mol. The normalized spacial score (nSPS) is 12.6. The van der Waals surface area contributed by atoms with Crippen LogP contribution in [0, 0.1) is 20.8 Å². The Bertz CT molecular complexity index is 821. The van der Waals surface area contributed by atoms with Gasteiger partial charge in [0.25, 0.3) is 0 Å². The Morgan fingerprint density at radius 1 is 1.11 bits per heavy atom. The fourth-order valence-corrected chi connectivity index (χ4v) is 2.66. The lowest BCUT2D eigenvalue weighted by atomic mass is 9.96. The van der Waals surface area contributed by atoms with Gasteiger partial charge in [0.2, 0.25) is 0 Å². The number of rotatable bonds is 9. The fraction of sp³-hybridized carbons (Fsp3) is 0.320. The van der Waals surface area contributed by atoms with E-state index in [2.05, 4.69) is 45.6 Å². The molecule has 0 aliphatic carbocycles. The quantitative estimate of drug-likeness (QED) is 0.221. The van der Waals surface area contributed by atoms with Crippen molar-refractivity contribution in [2.24, 2.45) is 0 Å². The van der Waals surface area contributed by atoms with Gasteiger partial charge in [-0.2, -0.15) is 0 Å². The third-order valence-electron chi connectivity index (χ3n) is 4.33. The van der Waals surface area contributed by atoms with Gasteiger partial charge in [0.05, 0.1) is 6.61 Å². The summed E-state index contributed by atoms with van der Waals surface area (Å²) in [4.78, 5) is 11.4. The lowest BCUT2D eigenvalue weighted by Crippen LogP contribution is -1.99. The Morgan fingerprint density at radius 3 is 2.46 bits per heavy atom. The molecule has 0 saturated carbocycles. The van der Waals surface area contributed by atoms with Crippen molar-refractivity contribution in [3.8, 4) is 5.75 Å². The molecular weight excluding hydrogens is 348 g/mol. The van der Waals surface area contributed by atoms with Gasteiger partial charge in [0.15, 0.2) is 0 Å². The van der Waals surface area contributed by atoms with E-state index in [1.807, 2.05) is 32.1 Å². The summed E-state index contributed by atoms with van der Waals surface area (Å²) in [5, 5.41) is 0. The van der Waals surface area contributed by atoms with Crippen molar-refractivity contribution < 1.29 is 14.3 Å². The number of ether oxygens (including phenoxy) is 2. The van der Waals surface area contributed by atoms with Crippen LogP contribution in [0.2, 0.25) is 0 Å². The van der Waals surface area contributed by atoms with E-state index in [4.69, 9.17) is 9.47 Å². The molecule has 0 fully saturated rings. The zero-order valence-corrected chi connectivity index (χ0v) is 18.0. The van der Waals surface area contributed by atoms with E-state index >= 15 is 0 Å². The first-order chi connectivity index (χ1) is 13.3. The molecule has 28 heavy (non-hydrogen) atoms. The molecule has 1 rings (SSSR count). The summed E-state index contributed by atoms with van der Waals surface area (Å²) < 4.78 is 10.6. The Morgan fingerprint density at radius 2 is 1.82 bits per heavy atom. The van der Waals surface area contributed by atoms with Crippen molar-refractivity contribution in [3.63, 3.8) is 0 Å². The second-order valence-electron chi connectivity index (χ2n) is 6.70. The minimum absolute atomic E-state index is 0.313. The lowest BCUT2D eigenvalue weighted by Gasteiger charge is -2.15. The molecule has 0 amide bonds. The van der Waals surface area contributed by atoms with Gasteiger partial charge in [-0.3, -0.25) is 0 Å². The Kier molecular flexibility index (Phi) is 9.80. The molecule has 0 N–H and O–H groups in total. The monoisotopic (exact) mass is 380 g/mol. The summed E-state index contributed by atoms with van der Waals surface area (Å²) >= 11 is 0. The summed E-state index contributed by atoms with van der Waals surface area (Å²) in [6.07, 6.45) is 13.3. The van der Waals surface area contributed by atoms with Crippen LogP contribution in [-0.2, 0) is 9.53 Å². The molecular formula is C25H32O3. The second-order valence-corrected chi connectivity index (χ2v) is 6.70. The van der Waals surface area contributed by atoms with Gasteiger partial charge in [-0.1, -0.05) is 48.6 Å². The molecule has 0 bridgehead atoms. The van der Waals surface area contributed by atoms with Crippen molar-refractivity contribution in [2.75, 3.05) is 13.2 Å². The minimum Gasteiger partial charge on any atom is -0.489 e. The van der Waals surface area contributed by atoms with Crippen LogP contribution >= 0.6 is 0 Å². The highest BCUT2D eigenvalue weighted by Gasteiger charge is 2.09. The fourth-order valence-electron chi connectivity index (χ4n) is 2.66. The molecule has 150 valence electrons. The van der Waals surface area contributed by atoms with Crippen LogP contribution in [-0.4, -0.2) is 19.2 Å². The molecule has 3 nitrogen and oxygen atoms in total. The average molecular weight is 381 g/mol. The number of allylic oxidation sites excluding steroid dienone is 6. The number of benzene rings is 1. The van der Waals surface area contributed by atoms with Crippen LogP contribution in [0.1, 0.15) is 43.0 Å². The van der Waals surface area contributed by atoms with Crippen molar-refractivity contribution in [1.82, 2.24) is 0 Å². The minimum atomic E-state index is -0.313. The number of carbonyl (C=O) groups excluding carboxylic acids is 1. The Hall–Kier alpha value is -2.81. The predicted octanol–water partition coefficient (Wildman–Crippen LogP) is 6.20. The summed E-state index contributed by atoms with van der Waals surface area (Å²) in [5.41, 5.74) is 6.71. The maximum absolute atomic E-state index is 11.4. The van der Waals surface area contributed by atoms with Crippen molar-refractivity contribution in [1.29, 1.82) is 0 Å². The molecule has 0 aliphatic rings. The van der Waals surface area contributed by atoms with Gasteiger partial charge >= 0.3 is 5.97 Å². The number of hydrogen-bond donors (Lipinski definition) is 0. The van der Waals surface area contributed by atoms with E-state index in [-0.39, 0.29) is 5.97 Å². The van der Waals surface area contributed by atoms with E-state index in [0.29, 0.717) is 13.2 Å².